The van der Waals surface area contributed by atoms with Crippen LogP contribution in [-0.4, -0.2) is 38.6 Å². The first kappa shape index (κ1) is 27.3. The summed E-state index contributed by atoms with van der Waals surface area (Å²) < 4.78 is 28.6. The summed E-state index contributed by atoms with van der Waals surface area (Å²) in [4.78, 5) is 4.34. The summed E-state index contributed by atoms with van der Waals surface area (Å²) in [5.41, 5.74) is 6.95. The zero-order valence-corrected chi connectivity index (χ0v) is 23.2. The number of ether oxygens (including phenoxy) is 1. The van der Waals surface area contributed by atoms with E-state index in [1.54, 1.807) is 33.2 Å². The number of nitrogens with zero attached hydrogens (tertiary/aromatic N) is 3. The van der Waals surface area contributed by atoms with E-state index in [0.717, 1.165) is 31.5 Å². The highest BCUT2D eigenvalue weighted by atomic mass is 35.5. The lowest BCUT2D eigenvalue weighted by Gasteiger charge is -2.22. The second-order valence-corrected chi connectivity index (χ2v) is 10.8. The number of benzene rings is 1. The number of nitrogen functional groups attached to an aromatic ring is 1. The van der Waals surface area contributed by atoms with Gasteiger partial charge >= 0.3 is 0 Å². The molecule has 4 aromatic rings. The molecule has 8 nitrogen and oxygen atoms in total. The van der Waals surface area contributed by atoms with E-state index < -0.39 is 17.5 Å². The van der Waals surface area contributed by atoms with Gasteiger partial charge in [-0.15, -0.1) is 0 Å². The molecule has 204 valence electrons. The molecule has 1 aliphatic heterocycles. The van der Waals surface area contributed by atoms with Crippen LogP contribution in [0.4, 0.5) is 10.2 Å². The van der Waals surface area contributed by atoms with Crippen LogP contribution in [0, 0.1) is 17.7 Å². The van der Waals surface area contributed by atoms with Gasteiger partial charge in [-0.05, 0) is 64.8 Å². The van der Waals surface area contributed by atoms with Crippen molar-refractivity contribution < 1.29 is 18.7 Å². The number of piperidine rings is 1. The Morgan fingerprint density at radius 1 is 1.28 bits per heavy atom. The first-order valence-electron chi connectivity index (χ1n) is 12.6. The Kier molecular flexibility index (Phi) is 7.49. The van der Waals surface area contributed by atoms with Gasteiger partial charge in [0.15, 0.2) is 17.2 Å². The smallest absolute Gasteiger partial charge is 0.205 e. The van der Waals surface area contributed by atoms with Crippen molar-refractivity contribution >= 4 is 40.0 Å². The van der Waals surface area contributed by atoms with Crippen LogP contribution in [0.2, 0.25) is 10.0 Å². The zero-order valence-electron chi connectivity index (χ0n) is 21.7. The number of aliphatic hydroxyl groups is 1. The molecule has 0 bridgehead atoms. The van der Waals surface area contributed by atoms with Crippen molar-refractivity contribution in [3.05, 3.63) is 57.9 Å². The number of nitrogens with one attached hydrogen (secondary N) is 1. The van der Waals surface area contributed by atoms with Crippen molar-refractivity contribution in [2.24, 2.45) is 0 Å². The standard InChI is InChI=1S/C28H28Cl2FN5O3/c1-15(22-19(29)4-5-20(31)24(22)30)38-26-25-18(13-34-27(26)32)23(21(39-25)6-9-28(2,3)37)16-12-35-36(14-16)17-7-10-33-11-8-17/h4-5,12-15,17,33,37H,7-8,10-11H2,1-3H3,(H2,32,34). The number of nitrogens with two attached hydrogens (primary N) is 1. The van der Waals surface area contributed by atoms with Gasteiger partial charge in [-0.25, -0.2) is 9.37 Å². The van der Waals surface area contributed by atoms with E-state index in [4.69, 9.17) is 38.1 Å². The minimum absolute atomic E-state index is 0.0608. The summed E-state index contributed by atoms with van der Waals surface area (Å²) >= 11 is 12.5. The molecule has 1 atom stereocenters. The second-order valence-electron chi connectivity index (χ2n) is 10.0. The molecule has 0 aliphatic carbocycles. The van der Waals surface area contributed by atoms with Gasteiger partial charge in [0.05, 0.1) is 22.6 Å². The highest BCUT2D eigenvalue weighted by Crippen LogP contribution is 2.43. The summed E-state index contributed by atoms with van der Waals surface area (Å²) in [6.07, 6.45) is 6.45. The van der Waals surface area contributed by atoms with E-state index in [0.29, 0.717) is 22.3 Å². The minimum Gasteiger partial charge on any atom is -0.478 e. The minimum atomic E-state index is -1.26. The number of halogens is 3. The lowest BCUT2D eigenvalue weighted by Crippen LogP contribution is -2.29. The van der Waals surface area contributed by atoms with E-state index in [9.17, 15) is 9.50 Å². The molecule has 5 rings (SSSR count). The molecule has 1 aromatic carbocycles. The Labute approximate surface area is 235 Å². The first-order valence-corrected chi connectivity index (χ1v) is 13.3. The molecular weight excluding hydrogens is 544 g/mol. The van der Waals surface area contributed by atoms with Crippen molar-refractivity contribution in [1.82, 2.24) is 20.1 Å². The molecule has 1 fully saturated rings. The Bertz CT molecular complexity index is 1590. The maximum atomic E-state index is 14.2. The number of pyridine rings is 1. The lowest BCUT2D eigenvalue weighted by molar-refractivity contribution is 0.143. The van der Waals surface area contributed by atoms with Crippen LogP contribution in [0.1, 0.15) is 57.1 Å². The van der Waals surface area contributed by atoms with Crippen LogP contribution in [-0.2, 0) is 0 Å². The van der Waals surface area contributed by atoms with E-state index in [1.807, 2.05) is 10.9 Å². The largest absolute Gasteiger partial charge is 0.478 e. The van der Waals surface area contributed by atoms with Crippen LogP contribution in [0.25, 0.3) is 22.1 Å². The number of hydrogen-bond donors (Lipinski definition) is 3. The Balaban J connectivity index is 1.63. The quantitative estimate of drug-likeness (QED) is 0.202. The van der Waals surface area contributed by atoms with Gasteiger partial charge in [0.25, 0.3) is 0 Å². The number of fused-ring (bicyclic) bond motifs is 1. The summed E-state index contributed by atoms with van der Waals surface area (Å²) in [6.45, 7) is 6.70. The highest BCUT2D eigenvalue weighted by Gasteiger charge is 2.26. The van der Waals surface area contributed by atoms with Gasteiger partial charge in [-0.2, -0.15) is 5.10 Å². The first-order chi connectivity index (χ1) is 18.5. The fourth-order valence-electron chi connectivity index (χ4n) is 4.63. The van der Waals surface area contributed by atoms with E-state index in [1.165, 1.54) is 12.1 Å². The van der Waals surface area contributed by atoms with Gasteiger partial charge in [0.1, 0.15) is 17.5 Å². The van der Waals surface area contributed by atoms with Crippen molar-refractivity contribution in [2.75, 3.05) is 18.8 Å². The van der Waals surface area contributed by atoms with Gasteiger partial charge in [0.2, 0.25) is 5.75 Å². The van der Waals surface area contributed by atoms with Crippen molar-refractivity contribution in [1.29, 1.82) is 0 Å². The monoisotopic (exact) mass is 571 g/mol. The van der Waals surface area contributed by atoms with Crippen LogP contribution < -0.4 is 15.8 Å². The summed E-state index contributed by atoms with van der Waals surface area (Å²) in [7, 11) is 0. The molecule has 11 heteroatoms. The molecule has 0 spiro atoms. The van der Waals surface area contributed by atoms with Gasteiger partial charge in [-0.3, -0.25) is 4.68 Å². The molecule has 39 heavy (non-hydrogen) atoms. The average molecular weight is 572 g/mol. The number of rotatable bonds is 5. The second kappa shape index (κ2) is 10.7. The molecule has 0 radical (unpaired) electrons. The molecule has 0 saturated carbocycles. The third kappa shape index (κ3) is 5.56. The van der Waals surface area contributed by atoms with E-state index in [-0.39, 0.29) is 33.2 Å². The topological polar surface area (TPSA) is 111 Å². The lowest BCUT2D eigenvalue weighted by atomic mass is 10.0. The van der Waals surface area contributed by atoms with Crippen molar-refractivity contribution in [2.45, 2.75) is 51.4 Å². The fraction of sp³-hybridized carbons (Fsp3) is 0.357. The SMILES string of the molecule is CC(Oc1c(N)ncc2c(-c3cnn(C4CCNCC4)c3)c(C#CC(C)(C)O)oc12)c1c(Cl)ccc(F)c1Cl. The molecule has 1 aliphatic rings. The molecular formula is C28H28Cl2FN5O3. The maximum Gasteiger partial charge on any atom is 0.205 e. The molecule has 3 aromatic heterocycles. The summed E-state index contributed by atoms with van der Waals surface area (Å²) in [5.74, 6) is 5.64. The van der Waals surface area contributed by atoms with Crippen LogP contribution in [0.3, 0.4) is 0 Å². The highest BCUT2D eigenvalue weighted by molar-refractivity contribution is 6.36. The Morgan fingerprint density at radius 3 is 2.74 bits per heavy atom. The maximum absolute atomic E-state index is 14.2. The predicted molar refractivity (Wildman–Crippen MR) is 149 cm³/mol. The molecule has 4 heterocycles. The zero-order chi connectivity index (χ0) is 27.9. The average Bonchev–Trinajstić information content (AvgIpc) is 3.52. The van der Waals surface area contributed by atoms with Crippen LogP contribution in [0.15, 0.2) is 35.1 Å². The normalized spacial score (nSPS) is 15.3. The van der Waals surface area contributed by atoms with E-state index in [2.05, 4.69) is 27.2 Å². The van der Waals surface area contributed by atoms with Crippen LogP contribution >= 0.6 is 23.2 Å². The van der Waals surface area contributed by atoms with Gasteiger partial charge in [0, 0.05) is 34.1 Å². The Morgan fingerprint density at radius 2 is 2.03 bits per heavy atom. The molecule has 1 saturated heterocycles. The van der Waals surface area contributed by atoms with Gasteiger partial charge in [-0.1, -0.05) is 29.1 Å². The van der Waals surface area contributed by atoms with E-state index >= 15 is 0 Å². The predicted octanol–water partition coefficient (Wildman–Crippen LogP) is 5.91. The number of anilines is 1. The molecule has 0 amide bonds. The molecule has 4 N–H and O–H groups in total. The summed E-state index contributed by atoms with van der Waals surface area (Å²) in [5, 5.41) is 18.9. The van der Waals surface area contributed by atoms with Gasteiger partial charge < -0.3 is 25.3 Å². The van der Waals surface area contributed by atoms with Crippen molar-refractivity contribution in [3.8, 4) is 28.7 Å². The fourth-order valence-corrected chi connectivity index (χ4v) is 5.31. The third-order valence-electron chi connectivity index (χ3n) is 6.55. The third-order valence-corrected chi connectivity index (χ3v) is 7.27. The summed E-state index contributed by atoms with van der Waals surface area (Å²) in [6, 6.07) is 2.88. The number of furan rings is 1. The van der Waals surface area contributed by atoms with Crippen molar-refractivity contribution in [3.63, 3.8) is 0 Å². The number of aromatic nitrogens is 3. The number of hydrogen-bond acceptors (Lipinski definition) is 7. The molecule has 1 unspecified atom stereocenters. The Hall–Kier alpha value is -3.29. The van der Waals surface area contributed by atoms with Crippen LogP contribution in [0.5, 0.6) is 5.75 Å².